The number of aliphatic hydroxyl groups excluding tert-OH is 1. The van der Waals surface area contributed by atoms with Crippen molar-refractivity contribution in [1.82, 2.24) is 5.32 Å². The predicted octanol–water partition coefficient (Wildman–Crippen LogP) is 2.39. The lowest BCUT2D eigenvalue weighted by molar-refractivity contribution is 0.174. The van der Waals surface area contributed by atoms with E-state index in [1.165, 1.54) is 6.07 Å². The van der Waals surface area contributed by atoms with Crippen LogP contribution in [0.15, 0.2) is 18.2 Å². The molecule has 0 aliphatic rings. The van der Waals surface area contributed by atoms with Gasteiger partial charge >= 0.3 is 0 Å². The molecule has 0 saturated heterocycles. The molecule has 0 aromatic heterocycles. The molecule has 0 radical (unpaired) electrons. The van der Waals surface area contributed by atoms with Gasteiger partial charge in [0.05, 0.1) is 6.10 Å². The van der Waals surface area contributed by atoms with Crippen LogP contribution in [-0.2, 0) is 0 Å². The highest BCUT2D eigenvalue weighted by Gasteiger charge is 2.10. The van der Waals surface area contributed by atoms with Crippen molar-refractivity contribution >= 4 is 0 Å². The number of hydrogen-bond acceptors (Lipinski definition) is 2. The van der Waals surface area contributed by atoms with Crippen molar-refractivity contribution in [1.29, 1.82) is 0 Å². The van der Waals surface area contributed by atoms with Gasteiger partial charge in [-0.3, -0.25) is 0 Å². The molecule has 98 valence electrons. The van der Waals surface area contributed by atoms with Crippen LogP contribution in [0.25, 0.3) is 0 Å². The second kappa shape index (κ2) is 7.80. The van der Waals surface area contributed by atoms with Gasteiger partial charge in [-0.15, -0.1) is 12.3 Å². The van der Waals surface area contributed by atoms with Crippen molar-refractivity contribution in [3.05, 3.63) is 35.4 Å². The van der Waals surface area contributed by atoms with Crippen LogP contribution >= 0.6 is 0 Å². The average molecular weight is 253 g/mol. The maximum Gasteiger partial charge on any atom is 0.159 e. The number of halogens is 2. The molecule has 1 rings (SSSR count). The van der Waals surface area contributed by atoms with E-state index in [4.69, 9.17) is 6.42 Å². The standard InChI is InChI=1S/C14H17F2NO/c1-2-3-4-5-8-17-10-14(18)11-6-7-12(15)13(16)9-11/h1,6-7,9,14,17-18H,3-5,8,10H2. The number of benzene rings is 1. The van der Waals surface area contributed by atoms with Crippen molar-refractivity contribution in [3.8, 4) is 12.3 Å². The zero-order valence-corrected chi connectivity index (χ0v) is 10.1. The van der Waals surface area contributed by atoms with E-state index in [1.807, 2.05) is 0 Å². The average Bonchev–Trinajstić information content (AvgIpc) is 2.36. The fourth-order valence-electron chi connectivity index (χ4n) is 1.55. The summed E-state index contributed by atoms with van der Waals surface area (Å²) in [6.07, 6.45) is 6.88. The first kappa shape index (κ1) is 14.6. The van der Waals surface area contributed by atoms with E-state index >= 15 is 0 Å². The number of rotatable bonds is 7. The van der Waals surface area contributed by atoms with E-state index in [0.717, 1.165) is 37.9 Å². The molecule has 0 fully saturated rings. The molecule has 0 aliphatic carbocycles. The van der Waals surface area contributed by atoms with Crippen LogP contribution in [0.4, 0.5) is 8.78 Å². The van der Waals surface area contributed by atoms with Gasteiger partial charge in [-0.05, 0) is 37.1 Å². The number of hydrogen-bond donors (Lipinski definition) is 2. The van der Waals surface area contributed by atoms with Gasteiger partial charge in [0.1, 0.15) is 0 Å². The van der Waals surface area contributed by atoms with Crippen LogP contribution in [0, 0.1) is 24.0 Å². The van der Waals surface area contributed by atoms with E-state index in [1.54, 1.807) is 0 Å². The van der Waals surface area contributed by atoms with Gasteiger partial charge in [0, 0.05) is 13.0 Å². The Bertz CT molecular complexity index is 415. The lowest BCUT2D eigenvalue weighted by atomic mass is 10.1. The Kier molecular flexibility index (Phi) is 6.34. The van der Waals surface area contributed by atoms with E-state index in [2.05, 4.69) is 11.2 Å². The van der Waals surface area contributed by atoms with E-state index < -0.39 is 17.7 Å². The van der Waals surface area contributed by atoms with Crippen molar-refractivity contribution < 1.29 is 13.9 Å². The molecule has 0 bridgehead atoms. The van der Waals surface area contributed by atoms with Crippen LogP contribution in [0.3, 0.4) is 0 Å². The smallest absolute Gasteiger partial charge is 0.159 e. The minimum Gasteiger partial charge on any atom is -0.387 e. The Labute approximate surface area is 106 Å². The highest BCUT2D eigenvalue weighted by molar-refractivity contribution is 5.20. The zero-order valence-electron chi connectivity index (χ0n) is 10.1. The molecule has 1 aromatic carbocycles. The molecular weight excluding hydrogens is 236 g/mol. The normalized spacial score (nSPS) is 12.1. The molecule has 0 heterocycles. The second-order valence-electron chi connectivity index (χ2n) is 4.05. The maximum absolute atomic E-state index is 12.9. The Balaban J connectivity index is 2.30. The molecule has 0 aliphatic heterocycles. The van der Waals surface area contributed by atoms with Crippen LogP contribution in [0.2, 0.25) is 0 Å². The first-order valence-electron chi connectivity index (χ1n) is 5.92. The second-order valence-corrected chi connectivity index (χ2v) is 4.05. The van der Waals surface area contributed by atoms with Crippen LogP contribution in [0.1, 0.15) is 30.9 Å². The molecule has 2 N–H and O–H groups in total. The summed E-state index contributed by atoms with van der Waals surface area (Å²) in [7, 11) is 0. The largest absolute Gasteiger partial charge is 0.387 e. The summed E-state index contributed by atoms with van der Waals surface area (Å²) in [5.41, 5.74) is 0.366. The van der Waals surface area contributed by atoms with Gasteiger partial charge in [0.25, 0.3) is 0 Å². The third-order valence-corrected chi connectivity index (χ3v) is 2.59. The van der Waals surface area contributed by atoms with E-state index in [0.29, 0.717) is 12.1 Å². The fourth-order valence-corrected chi connectivity index (χ4v) is 1.55. The van der Waals surface area contributed by atoms with Crippen molar-refractivity contribution in [2.75, 3.05) is 13.1 Å². The zero-order chi connectivity index (χ0) is 13.4. The number of aliphatic hydroxyl groups is 1. The first-order chi connectivity index (χ1) is 8.65. The molecule has 1 atom stereocenters. The topological polar surface area (TPSA) is 32.3 Å². The quantitative estimate of drug-likeness (QED) is 0.577. The molecule has 0 amide bonds. The minimum atomic E-state index is -0.944. The molecular formula is C14H17F2NO. The molecule has 4 heteroatoms. The summed E-state index contributed by atoms with van der Waals surface area (Å²) in [6.45, 7) is 1.05. The van der Waals surface area contributed by atoms with Gasteiger partial charge in [-0.25, -0.2) is 8.78 Å². The highest BCUT2D eigenvalue weighted by Crippen LogP contribution is 2.15. The summed E-state index contributed by atoms with van der Waals surface area (Å²) >= 11 is 0. The molecule has 18 heavy (non-hydrogen) atoms. The summed E-state index contributed by atoms with van der Waals surface area (Å²) in [4.78, 5) is 0. The van der Waals surface area contributed by atoms with Crippen LogP contribution in [-0.4, -0.2) is 18.2 Å². The molecule has 1 unspecified atom stereocenters. The van der Waals surface area contributed by atoms with E-state index in [-0.39, 0.29) is 0 Å². The number of terminal acetylenes is 1. The predicted molar refractivity (Wildman–Crippen MR) is 66.9 cm³/mol. The van der Waals surface area contributed by atoms with Gasteiger partial charge in [0.15, 0.2) is 11.6 Å². The van der Waals surface area contributed by atoms with Crippen LogP contribution in [0.5, 0.6) is 0 Å². The Morgan fingerprint density at radius 1 is 1.28 bits per heavy atom. The van der Waals surface area contributed by atoms with E-state index in [9.17, 15) is 13.9 Å². The molecule has 0 saturated carbocycles. The molecule has 1 aromatic rings. The Morgan fingerprint density at radius 2 is 2.06 bits per heavy atom. The molecule has 0 spiro atoms. The number of nitrogens with one attached hydrogen (secondary N) is 1. The maximum atomic E-state index is 12.9. The van der Waals surface area contributed by atoms with Gasteiger partial charge in [0.2, 0.25) is 0 Å². The van der Waals surface area contributed by atoms with Gasteiger partial charge < -0.3 is 10.4 Å². The summed E-state index contributed by atoms with van der Waals surface area (Å²) < 4.78 is 25.6. The third-order valence-electron chi connectivity index (χ3n) is 2.59. The lowest BCUT2D eigenvalue weighted by Gasteiger charge is -2.12. The van der Waals surface area contributed by atoms with Crippen molar-refractivity contribution in [2.45, 2.75) is 25.4 Å². The first-order valence-corrected chi connectivity index (χ1v) is 5.92. The highest BCUT2D eigenvalue weighted by atomic mass is 19.2. The van der Waals surface area contributed by atoms with Gasteiger partial charge in [-0.2, -0.15) is 0 Å². The van der Waals surface area contributed by atoms with Crippen LogP contribution < -0.4 is 5.32 Å². The summed E-state index contributed by atoms with van der Waals surface area (Å²) in [6, 6.07) is 3.41. The summed E-state index contributed by atoms with van der Waals surface area (Å²) in [5, 5.41) is 12.8. The fraction of sp³-hybridized carbons (Fsp3) is 0.429. The van der Waals surface area contributed by atoms with Crippen molar-refractivity contribution in [2.24, 2.45) is 0 Å². The Hall–Kier alpha value is -1.44. The number of unbranched alkanes of at least 4 members (excludes halogenated alkanes) is 2. The SMILES string of the molecule is C#CCCCCNCC(O)c1ccc(F)c(F)c1. The minimum absolute atomic E-state index is 0.307. The summed E-state index contributed by atoms with van der Waals surface area (Å²) in [5.74, 6) is 0.697. The lowest BCUT2D eigenvalue weighted by Crippen LogP contribution is -2.22. The monoisotopic (exact) mass is 253 g/mol. The third kappa shape index (κ3) is 4.82. The molecule has 2 nitrogen and oxygen atoms in total. The van der Waals surface area contributed by atoms with Crippen molar-refractivity contribution in [3.63, 3.8) is 0 Å². The Morgan fingerprint density at radius 3 is 2.72 bits per heavy atom. The van der Waals surface area contributed by atoms with Gasteiger partial charge in [-0.1, -0.05) is 6.07 Å².